The van der Waals surface area contributed by atoms with Crippen LogP contribution in [0.1, 0.15) is 18.9 Å². The van der Waals surface area contributed by atoms with Crippen LogP contribution in [-0.4, -0.2) is 25.2 Å². The molecule has 0 spiro atoms. The van der Waals surface area contributed by atoms with Gasteiger partial charge in [0.1, 0.15) is 16.5 Å². The second-order valence-corrected chi connectivity index (χ2v) is 7.31. The van der Waals surface area contributed by atoms with Crippen LogP contribution in [0, 0.1) is 5.82 Å². The van der Waals surface area contributed by atoms with Crippen LogP contribution in [0.4, 0.5) is 13.2 Å². The molecule has 148 valence electrons. The molecule has 0 fully saturated rings. The maximum Gasteiger partial charge on any atom is 0.387 e. The molecule has 1 unspecified atom stereocenters. The van der Waals surface area contributed by atoms with Crippen molar-refractivity contribution in [2.24, 2.45) is 0 Å². The molecule has 1 heterocycles. The predicted octanol–water partition coefficient (Wildman–Crippen LogP) is 3.52. The fraction of sp³-hybridized carbons (Fsp3) is 0.176. The molecule has 1 atom stereocenters. The second-order valence-electron chi connectivity index (χ2n) is 5.63. The van der Waals surface area contributed by atoms with Crippen LogP contribution in [-0.2, 0) is 10.0 Å². The zero-order valence-corrected chi connectivity index (χ0v) is 15.2. The molecule has 0 bridgehead atoms. The Labute approximate surface area is 158 Å². The zero-order chi connectivity index (χ0) is 20.3. The summed E-state index contributed by atoms with van der Waals surface area (Å²) in [5.74, 6) is -0.842. The van der Waals surface area contributed by atoms with Gasteiger partial charge in [0.25, 0.3) is 0 Å². The minimum absolute atomic E-state index is 0.0600. The molecular formula is C17H14F3N3O4S. The third kappa shape index (κ3) is 4.49. The molecule has 0 aliphatic carbocycles. The molecular weight excluding hydrogens is 399 g/mol. The van der Waals surface area contributed by atoms with Crippen LogP contribution < -0.4 is 9.46 Å². The van der Waals surface area contributed by atoms with Gasteiger partial charge >= 0.3 is 6.61 Å². The maximum absolute atomic E-state index is 13.0. The molecule has 0 saturated carbocycles. The topological polar surface area (TPSA) is 94.3 Å². The van der Waals surface area contributed by atoms with E-state index in [2.05, 4.69) is 19.6 Å². The third-order valence-corrected chi connectivity index (χ3v) is 5.18. The van der Waals surface area contributed by atoms with Crippen LogP contribution in [0.3, 0.4) is 0 Å². The van der Waals surface area contributed by atoms with Crippen molar-refractivity contribution in [1.82, 2.24) is 14.9 Å². The van der Waals surface area contributed by atoms with Crippen LogP contribution in [0.5, 0.6) is 5.75 Å². The number of alkyl halides is 2. The molecule has 1 N–H and O–H groups in total. The van der Waals surface area contributed by atoms with Gasteiger partial charge < -0.3 is 9.26 Å². The van der Waals surface area contributed by atoms with E-state index < -0.39 is 39.1 Å². The number of benzene rings is 2. The molecule has 1 aromatic heterocycles. The Hall–Kier alpha value is -2.92. The van der Waals surface area contributed by atoms with Crippen molar-refractivity contribution in [2.75, 3.05) is 0 Å². The number of hydrogen-bond donors (Lipinski definition) is 1. The van der Waals surface area contributed by atoms with Crippen LogP contribution in [0.15, 0.2) is 57.9 Å². The van der Waals surface area contributed by atoms with Crippen molar-refractivity contribution in [2.45, 2.75) is 24.5 Å². The lowest BCUT2D eigenvalue weighted by molar-refractivity contribution is -0.0517. The molecule has 28 heavy (non-hydrogen) atoms. The van der Waals surface area contributed by atoms with Gasteiger partial charge in [0, 0.05) is 5.56 Å². The van der Waals surface area contributed by atoms with E-state index in [1.54, 1.807) is 0 Å². The summed E-state index contributed by atoms with van der Waals surface area (Å²) in [6.45, 7) is -1.74. The first-order valence-corrected chi connectivity index (χ1v) is 9.40. The van der Waals surface area contributed by atoms with E-state index in [0.29, 0.717) is 5.56 Å². The molecule has 2 aromatic carbocycles. The fourth-order valence-electron chi connectivity index (χ4n) is 2.34. The Bertz CT molecular complexity index is 1060. The standard InChI is InChI=1S/C17H14F3N3O4S/c1-10(16-21-15(22-27-16)11-6-8-12(18)9-7-11)23-28(24,25)14-5-3-2-4-13(14)26-17(19)20/h2-10,17,23H,1H3. The molecule has 0 radical (unpaired) electrons. The molecule has 3 rings (SSSR count). The lowest BCUT2D eigenvalue weighted by Crippen LogP contribution is -2.27. The molecule has 0 amide bonds. The first-order chi connectivity index (χ1) is 13.3. The SMILES string of the molecule is CC(NS(=O)(=O)c1ccccc1OC(F)F)c1nc(-c2ccc(F)cc2)no1. The third-order valence-electron chi connectivity index (χ3n) is 3.60. The average Bonchev–Trinajstić information content (AvgIpc) is 3.12. The summed E-state index contributed by atoms with van der Waals surface area (Å²) in [6, 6.07) is 9.34. The molecule has 0 saturated heterocycles. The number of aromatic nitrogens is 2. The Kier molecular flexibility index (Phi) is 5.66. The van der Waals surface area contributed by atoms with Gasteiger partial charge in [0.15, 0.2) is 0 Å². The number of nitrogens with one attached hydrogen (secondary N) is 1. The highest BCUT2D eigenvalue weighted by Gasteiger charge is 2.26. The first kappa shape index (κ1) is 19.8. The maximum atomic E-state index is 13.0. The summed E-state index contributed by atoms with van der Waals surface area (Å²) in [5, 5.41) is 3.73. The number of sulfonamides is 1. The smallest absolute Gasteiger partial charge is 0.387 e. The van der Waals surface area contributed by atoms with Crippen LogP contribution in [0.2, 0.25) is 0 Å². The second kappa shape index (κ2) is 7.98. The van der Waals surface area contributed by atoms with Crippen molar-refractivity contribution >= 4 is 10.0 Å². The summed E-state index contributed by atoms with van der Waals surface area (Å²) in [4.78, 5) is 3.62. The van der Waals surface area contributed by atoms with E-state index in [1.165, 1.54) is 43.3 Å². The average molecular weight is 413 g/mol. The molecule has 3 aromatic rings. The molecule has 11 heteroatoms. The van der Waals surface area contributed by atoms with Crippen molar-refractivity contribution < 1.29 is 30.8 Å². The van der Waals surface area contributed by atoms with Gasteiger partial charge in [-0.25, -0.2) is 12.8 Å². The summed E-state index contributed by atoms with van der Waals surface area (Å²) in [6.07, 6.45) is 0. The van der Waals surface area contributed by atoms with E-state index >= 15 is 0 Å². The number of hydrogen-bond acceptors (Lipinski definition) is 6. The van der Waals surface area contributed by atoms with Gasteiger partial charge in [0.2, 0.25) is 21.7 Å². The summed E-state index contributed by atoms with van der Waals surface area (Å²) >= 11 is 0. The Morgan fingerprint density at radius 3 is 2.46 bits per heavy atom. The number of rotatable bonds is 7. The number of halogens is 3. The fourth-order valence-corrected chi connectivity index (χ4v) is 3.67. The van der Waals surface area contributed by atoms with E-state index in [4.69, 9.17) is 4.52 Å². The lowest BCUT2D eigenvalue weighted by atomic mass is 10.2. The molecule has 7 nitrogen and oxygen atoms in total. The largest absolute Gasteiger partial charge is 0.433 e. The van der Waals surface area contributed by atoms with Crippen LogP contribution >= 0.6 is 0 Å². The molecule has 0 aliphatic heterocycles. The van der Waals surface area contributed by atoms with Gasteiger partial charge in [-0.3, -0.25) is 0 Å². The van der Waals surface area contributed by atoms with E-state index in [1.807, 2.05) is 0 Å². The minimum Gasteiger partial charge on any atom is -0.433 e. The number of ether oxygens (including phenoxy) is 1. The van der Waals surface area contributed by atoms with Crippen molar-refractivity contribution in [3.05, 3.63) is 60.2 Å². The van der Waals surface area contributed by atoms with E-state index in [-0.39, 0.29) is 11.7 Å². The summed E-state index contributed by atoms with van der Waals surface area (Å²) in [5.41, 5.74) is 0.474. The first-order valence-electron chi connectivity index (χ1n) is 7.92. The predicted molar refractivity (Wildman–Crippen MR) is 91.5 cm³/mol. The van der Waals surface area contributed by atoms with Crippen molar-refractivity contribution in [3.63, 3.8) is 0 Å². The van der Waals surface area contributed by atoms with E-state index in [0.717, 1.165) is 12.1 Å². The van der Waals surface area contributed by atoms with Crippen LogP contribution in [0.25, 0.3) is 11.4 Å². The lowest BCUT2D eigenvalue weighted by Gasteiger charge is -2.14. The van der Waals surface area contributed by atoms with Crippen molar-refractivity contribution in [1.29, 1.82) is 0 Å². The summed E-state index contributed by atoms with van der Waals surface area (Å²) < 4.78 is 74.7. The van der Waals surface area contributed by atoms with Gasteiger partial charge in [-0.1, -0.05) is 17.3 Å². The highest BCUT2D eigenvalue weighted by Crippen LogP contribution is 2.27. The zero-order valence-electron chi connectivity index (χ0n) is 14.3. The van der Waals surface area contributed by atoms with Gasteiger partial charge in [-0.05, 0) is 43.3 Å². The number of nitrogens with zero attached hydrogens (tertiary/aromatic N) is 2. The monoisotopic (exact) mass is 413 g/mol. The highest BCUT2D eigenvalue weighted by atomic mass is 32.2. The Morgan fingerprint density at radius 2 is 1.79 bits per heavy atom. The minimum atomic E-state index is -4.23. The normalized spacial score (nSPS) is 12.9. The van der Waals surface area contributed by atoms with Gasteiger partial charge in [-0.15, -0.1) is 0 Å². The Morgan fingerprint density at radius 1 is 1.11 bits per heavy atom. The molecule has 0 aliphatic rings. The van der Waals surface area contributed by atoms with Crippen molar-refractivity contribution in [3.8, 4) is 17.1 Å². The quantitative estimate of drug-likeness (QED) is 0.637. The highest BCUT2D eigenvalue weighted by molar-refractivity contribution is 7.89. The Balaban J connectivity index is 1.81. The van der Waals surface area contributed by atoms with E-state index in [9.17, 15) is 21.6 Å². The summed E-state index contributed by atoms with van der Waals surface area (Å²) in [7, 11) is -4.23. The number of para-hydroxylation sites is 1. The van der Waals surface area contributed by atoms with Gasteiger partial charge in [-0.2, -0.15) is 18.5 Å². The van der Waals surface area contributed by atoms with Gasteiger partial charge in [0.05, 0.1) is 6.04 Å².